The number of halogens is 1. The van der Waals surface area contributed by atoms with E-state index in [4.69, 9.17) is 21.1 Å². The molecule has 8 heteroatoms. The number of hydrogen-bond donors (Lipinski definition) is 2. The van der Waals surface area contributed by atoms with Crippen LogP contribution in [0.15, 0.2) is 72.0 Å². The van der Waals surface area contributed by atoms with Gasteiger partial charge in [0.1, 0.15) is 11.5 Å². The van der Waals surface area contributed by atoms with Crippen molar-refractivity contribution in [2.24, 2.45) is 4.99 Å². The number of aromatic nitrogens is 1. The molecule has 0 spiro atoms. The molecule has 1 aromatic heterocycles. The maximum absolute atomic E-state index is 12.7. The summed E-state index contributed by atoms with van der Waals surface area (Å²) in [6.07, 6.45) is 3.41. The minimum absolute atomic E-state index is 0.271. The normalized spacial score (nSPS) is 11.0. The van der Waals surface area contributed by atoms with Crippen LogP contribution in [0.3, 0.4) is 0 Å². The number of guanidine groups is 1. The summed E-state index contributed by atoms with van der Waals surface area (Å²) in [4.78, 5) is 21.3. The summed E-state index contributed by atoms with van der Waals surface area (Å²) in [5.74, 6) is 1.08. The third-order valence-corrected chi connectivity index (χ3v) is 4.42. The van der Waals surface area contributed by atoms with Crippen molar-refractivity contribution >= 4 is 29.2 Å². The van der Waals surface area contributed by atoms with Crippen LogP contribution in [0.4, 0.5) is 5.69 Å². The Morgan fingerprint density at radius 3 is 2.67 bits per heavy atom. The molecular formula is C22H21ClN4O3. The number of carbonyl (C=O) groups excluding carboxylic acids is 1. The number of amides is 1. The van der Waals surface area contributed by atoms with E-state index in [1.54, 1.807) is 69.1 Å². The molecule has 0 bridgehead atoms. The number of anilines is 1. The van der Waals surface area contributed by atoms with Crippen LogP contribution in [0.2, 0.25) is 5.02 Å². The molecule has 0 saturated heterocycles. The first-order valence-electron chi connectivity index (χ1n) is 9.08. The zero-order valence-corrected chi connectivity index (χ0v) is 17.3. The quantitative estimate of drug-likeness (QED) is 0.458. The lowest BCUT2D eigenvalue weighted by Crippen LogP contribution is -2.36. The van der Waals surface area contributed by atoms with Gasteiger partial charge in [-0.15, -0.1) is 0 Å². The van der Waals surface area contributed by atoms with Gasteiger partial charge >= 0.3 is 0 Å². The largest absolute Gasteiger partial charge is 0.497 e. The van der Waals surface area contributed by atoms with Crippen LogP contribution in [0.25, 0.3) is 0 Å². The second-order valence-corrected chi connectivity index (χ2v) is 6.59. The van der Waals surface area contributed by atoms with Crippen molar-refractivity contribution in [2.75, 3.05) is 19.5 Å². The second-order valence-electron chi connectivity index (χ2n) is 6.19. The van der Waals surface area contributed by atoms with E-state index >= 15 is 0 Å². The standard InChI is InChI=1S/C22H21ClN4O3/c1-29-18-7-3-6-16(11-18)21(28)27-22(25-14-15-5-4-10-24-13-15)26-17-8-9-20(30-2)19(23)12-17/h3-13H,14H2,1-2H3,(H2,25,26,27,28). The Morgan fingerprint density at radius 2 is 1.97 bits per heavy atom. The Bertz CT molecular complexity index is 1040. The number of benzene rings is 2. The van der Waals surface area contributed by atoms with Gasteiger partial charge in [0.15, 0.2) is 0 Å². The first kappa shape index (κ1) is 21.1. The average molecular weight is 425 g/mol. The summed E-state index contributed by atoms with van der Waals surface area (Å²) in [7, 11) is 3.09. The fraction of sp³-hybridized carbons (Fsp3) is 0.136. The summed E-state index contributed by atoms with van der Waals surface area (Å²) in [5.41, 5.74) is 2.00. The highest BCUT2D eigenvalue weighted by Crippen LogP contribution is 2.27. The lowest BCUT2D eigenvalue weighted by molar-refractivity contribution is 0.0976. The number of methoxy groups -OCH3 is 2. The van der Waals surface area contributed by atoms with E-state index in [1.165, 1.54) is 0 Å². The molecule has 1 heterocycles. The summed E-state index contributed by atoms with van der Waals surface area (Å²) in [6.45, 7) is 0.332. The van der Waals surface area contributed by atoms with Crippen molar-refractivity contribution in [3.8, 4) is 11.5 Å². The number of ether oxygens (including phenoxy) is 2. The molecule has 0 aliphatic rings. The van der Waals surface area contributed by atoms with Crippen molar-refractivity contribution < 1.29 is 14.3 Å². The fourth-order valence-electron chi connectivity index (χ4n) is 2.60. The van der Waals surface area contributed by atoms with Gasteiger partial charge in [-0.25, -0.2) is 4.99 Å². The molecule has 7 nitrogen and oxygen atoms in total. The Kier molecular flexibility index (Phi) is 7.24. The highest BCUT2D eigenvalue weighted by atomic mass is 35.5. The van der Waals surface area contributed by atoms with Gasteiger partial charge in [0.25, 0.3) is 5.91 Å². The monoisotopic (exact) mass is 424 g/mol. The number of nitrogens with zero attached hydrogens (tertiary/aromatic N) is 2. The lowest BCUT2D eigenvalue weighted by Gasteiger charge is -2.13. The Hall–Kier alpha value is -3.58. The van der Waals surface area contributed by atoms with E-state index in [9.17, 15) is 4.79 Å². The molecular weight excluding hydrogens is 404 g/mol. The van der Waals surface area contributed by atoms with E-state index in [1.807, 2.05) is 12.1 Å². The third-order valence-electron chi connectivity index (χ3n) is 4.12. The van der Waals surface area contributed by atoms with Crippen LogP contribution >= 0.6 is 11.6 Å². The molecule has 0 fully saturated rings. The maximum Gasteiger partial charge on any atom is 0.258 e. The lowest BCUT2D eigenvalue weighted by atomic mass is 10.2. The van der Waals surface area contributed by atoms with Gasteiger partial charge in [0.2, 0.25) is 5.96 Å². The predicted molar refractivity (Wildman–Crippen MR) is 117 cm³/mol. The summed E-state index contributed by atoms with van der Waals surface area (Å²) in [5, 5.41) is 6.34. The van der Waals surface area contributed by atoms with Gasteiger partial charge in [-0.2, -0.15) is 0 Å². The minimum atomic E-state index is -0.328. The molecule has 2 N–H and O–H groups in total. The average Bonchev–Trinajstić information content (AvgIpc) is 2.78. The van der Waals surface area contributed by atoms with Crippen LogP contribution in [0.1, 0.15) is 15.9 Å². The van der Waals surface area contributed by atoms with Crippen LogP contribution in [-0.2, 0) is 6.54 Å². The van der Waals surface area contributed by atoms with Gasteiger partial charge in [0, 0.05) is 23.6 Å². The molecule has 0 aliphatic carbocycles. The van der Waals surface area contributed by atoms with Crippen molar-refractivity contribution in [3.63, 3.8) is 0 Å². The Morgan fingerprint density at radius 1 is 1.10 bits per heavy atom. The highest BCUT2D eigenvalue weighted by molar-refractivity contribution is 6.32. The first-order chi connectivity index (χ1) is 14.6. The zero-order valence-electron chi connectivity index (χ0n) is 16.6. The van der Waals surface area contributed by atoms with Gasteiger partial charge in [-0.05, 0) is 48.0 Å². The van der Waals surface area contributed by atoms with E-state index < -0.39 is 0 Å². The molecule has 30 heavy (non-hydrogen) atoms. The van der Waals surface area contributed by atoms with Crippen molar-refractivity contribution in [2.45, 2.75) is 6.54 Å². The highest BCUT2D eigenvalue weighted by Gasteiger charge is 2.11. The molecule has 3 aromatic rings. The van der Waals surface area contributed by atoms with E-state index in [0.29, 0.717) is 34.3 Å². The maximum atomic E-state index is 12.7. The number of hydrogen-bond acceptors (Lipinski definition) is 5. The predicted octanol–water partition coefficient (Wildman–Crippen LogP) is 4.15. The Balaban J connectivity index is 1.82. The van der Waals surface area contributed by atoms with Crippen molar-refractivity contribution in [3.05, 3.63) is 83.1 Å². The topological polar surface area (TPSA) is 84.8 Å². The summed E-state index contributed by atoms with van der Waals surface area (Å²) in [6, 6.07) is 15.8. The molecule has 0 saturated carbocycles. The van der Waals surface area contributed by atoms with Crippen LogP contribution < -0.4 is 20.1 Å². The Labute approximate surface area is 179 Å². The van der Waals surface area contributed by atoms with E-state index in [-0.39, 0.29) is 11.9 Å². The van der Waals surface area contributed by atoms with Gasteiger partial charge < -0.3 is 14.8 Å². The molecule has 0 radical (unpaired) electrons. The van der Waals surface area contributed by atoms with Crippen molar-refractivity contribution in [1.29, 1.82) is 0 Å². The number of carbonyl (C=O) groups is 1. The molecule has 0 aliphatic heterocycles. The van der Waals surface area contributed by atoms with Crippen LogP contribution in [0, 0.1) is 0 Å². The zero-order chi connectivity index (χ0) is 21.3. The summed E-state index contributed by atoms with van der Waals surface area (Å²) < 4.78 is 10.4. The molecule has 0 unspecified atom stereocenters. The third kappa shape index (κ3) is 5.71. The van der Waals surface area contributed by atoms with Gasteiger partial charge in [-0.3, -0.25) is 15.1 Å². The first-order valence-corrected chi connectivity index (χ1v) is 9.46. The molecule has 2 aromatic carbocycles. The molecule has 0 atom stereocenters. The fourth-order valence-corrected chi connectivity index (χ4v) is 2.85. The van der Waals surface area contributed by atoms with Crippen LogP contribution in [0.5, 0.6) is 11.5 Å². The number of rotatable bonds is 6. The van der Waals surface area contributed by atoms with Gasteiger partial charge in [0.05, 0.1) is 25.8 Å². The molecule has 154 valence electrons. The smallest absolute Gasteiger partial charge is 0.258 e. The molecule has 1 amide bonds. The second kappa shape index (κ2) is 10.3. The van der Waals surface area contributed by atoms with Crippen molar-refractivity contribution in [1.82, 2.24) is 10.3 Å². The SMILES string of the molecule is COc1cccc(C(=O)NC(=NCc2cccnc2)Nc2ccc(OC)c(Cl)c2)c1. The minimum Gasteiger partial charge on any atom is -0.497 e. The van der Waals surface area contributed by atoms with Gasteiger partial charge in [-0.1, -0.05) is 23.7 Å². The van der Waals surface area contributed by atoms with E-state index in [0.717, 1.165) is 5.56 Å². The number of aliphatic imine (C=N–C) groups is 1. The number of pyridine rings is 1. The summed E-state index contributed by atoms with van der Waals surface area (Å²) >= 11 is 6.21. The van der Waals surface area contributed by atoms with E-state index in [2.05, 4.69) is 20.6 Å². The van der Waals surface area contributed by atoms with Crippen LogP contribution in [-0.4, -0.2) is 31.1 Å². The number of nitrogens with one attached hydrogen (secondary N) is 2. The molecule has 3 rings (SSSR count).